The summed E-state index contributed by atoms with van der Waals surface area (Å²) in [5, 5.41) is 2.49. The summed E-state index contributed by atoms with van der Waals surface area (Å²) in [6.45, 7) is 3.16. The molecule has 1 aliphatic heterocycles. The van der Waals surface area contributed by atoms with E-state index in [0.717, 1.165) is 19.4 Å². The molecule has 0 radical (unpaired) electrons. The molecule has 0 bridgehead atoms. The van der Waals surface area contributed by atoms with Crippen LogP contribution in [0.5, 0.6) is 0 Å². The third-order valence-electron chi connectivity index (χ3n) is 2.35. The third-order valence-corrected chi connectivity index (χ3v) is 2.35. The van der Waals surface area contributed by atoms with Crippen LogP contribution in [0.1, 0.15) is 26.2 Å². The van der Waals surface area contributed by atoms with Crippen molar-refractivity contribution < 1.29 is 23.8 Å². The van der Waals surface area contributed by atoms with Crippen LogP contribution in [0.2, 0.25) is 0 Å². The molecule has 1 atom stereocenters. The Morgan fingerprint density at radius 2 is 2.24 bits per heavy atom. The number of nitrogens with one attached hydrogen (secondary N) is 1. The van der Waals surface area contributed by atoms with Crippen molar-refractivity contribution in [1.82, 2.24) is 5.32 Å². The van der Waals surface area contributed by atoms with Crippen molar-refractivity contribution in [2.45, 2.75) is 32.3 Å². The molecular weight excluding hydrogens is 226 g/mol. The van der Waals surface area contributed by atoms with Gasteiger partial charge in [0.15, 0.2) is 0 Å². The lowest BCUT2D eigenvalue weighted by atomic mass is 10.2. The van der Waals surface area contributed by atoms with Crippen LogP contribution in [0.25, 0.3) is 0 Å². The molecule has 0 aliphatic carbocycles. The number of alkyl carbamates (subject to hydrolysis) is 1. The van der Waals surface area contributed by atoms with Crippen LogP contribution in [0, 0.1) is 0 Å². The summed E-state index contributed by atoms with van der Waals surface area (Å²) in [6, 6.07) is 0. The number of hydrogen-bond donors (Lipinski definition) is 1. The van der Waals surface area contributed by atoms with Crippen LogP contribution >= 0.6 is 0 Å². The first-order valence-electron chi connectivity index (χ1n) is 5.90. The number of carbonyl (C=O) groups is 2. The fraction of sp³-hybridized carbons (Fsp3) is 0.818. The number of carbonyl (C=O) groups excluding carboxylic acids is 2. The summed E-state index contributed by atoms with van der Waals surface area (Å²) in [6.07, 6.45) is 1.81. The molecule has 6 nitrogen and oxygen atoms in total. The minimum atomic E-state index is -0.506. The third kappa shape index (κ3) is 6.11. The zero-order chi connectivity index (χ0) is 12.5. The van der Waals surface area contributed by atoms with E-state index in [1.165, 1.54) is 0 Å². The molecule has 0 spiro atoms. The Hall–Kier alpha value is -1.30. The Bertz CT molecular complexity index is 250. The van der Waals surface area contributed by atoms with E-state index in [2.05, 4.69) is 5.32 Å². The number of hydrogen-bond acceptors (Lipinski definition) is 5. The van der Waals surface area contributed by atoms with E-state index in [1.807, 2.05) is 0 Å². The molecule has 1 heterocycles. The molecule has 0 aromatic carbocycles. The van der Waals surface area contributed by atoms with E-state index in [-0.39, 0.29) is 31.8 Å². The van der Waals surface area contributed by atoms with Gasteiger partial charge >= 0.3 is 12.1 Å². The Morgan fingerprint density at radius 1 is 1.41 bits per heavy atom. The second kappa shape index (κ2) is 7.89. The zero-order valence-corrected chi connectivity index (χ0v) is 10.1. The molecular formula is C11H19NO5. The lowest BCUT2D eigenvalue weighted by molar-refractivity contribution is -0.143. The monoisotopic (exact) mass is 245 g/mol. The molecule has 1 amide bonds. The number of esters is 1. The second-order valence-electron chi connectivity index (χ2n) is 3.73. The van der Waals surface area contributed by atoms with Gasteiger partial charge < -0.3 is 19.5 Å². The maximum atomic E-state index is 11.2. The van der Waals surface area contributed by atoms with Crippen LogP contribution < -0.4 is 5.32 Å². The standard InChI is InChI=1S/C11H19NO5/c1-2-10(13)16-7-5-12-11(14)17-8-9-4-3-6-15-9/h9H,2-8H2,1H3,(H,12,14). The second-order valence-corrected chi connectivity index (χ2v) is 3.73. The van der Waals surface area contributed by atoms with Crippen molar-refractivity contribution in [1.29, 1.82) is 0 Å². The first kappa shape index (κ1) is 13.8. The molecule has 17 heavy (non-hydrogen) atoms. The Balaban J connectivity index is 1.95. The maximum absolute atomic E-state index is 11.2. The fourth-order valence-corrected chi connectivity index (χ4v) is 1.42. The van der Waals surface area contributed by atoms with Gasteiger partial charge in [0.25, 0.3) is 0 Å². The van der Waals surface area contributed by atoms with E-state index in [9.17, 15) is 9.59 Å². The smallest absolute Gasteiger partial charge is 0.407 e. The van der Waals surface area contributed by atoms with E-state index in [0.29, 0.717) is 6.42 Å². The molecule has 98 valence electrons. The first-order valence-corrected chi connectivity index (χ1v) is 5.90. The van der Waals surface area contributed by atoms with Crippen molar-refractivity contribution in [3.8, 4) is 0 Å². The predicted molar refractivity (Wildman–Crippen MR) is 59.6 cm³/mol. The van der Waals surface area contributed by atoms with Gasteiger partial charge in [-0.3, -0.25) is 4.79 Å². The SMILES string of the molecule is CCC(=O)OCCNC(=O)OCC1CCCO1. The van der Waals surface area contributed by atoms with Crippen molar-refractivity contribution >= 4 is 12.1 Å². The van der Waals surface area contributed by atoms with Gasteiger partial charge in [0, 0.05) is 13.0 Å². The largest absolute Gasteiger partial charge is 0.464 e. The molecule has 1 N–H and O–H groups in total. The zero-order valence-electron chi connectivity index (χ0n) is 10.1. The van der Waals surface area contributed by atoms with Gasteiger partial charge in [-0.15, -0.1) is 0 Å². The molecule has 0 saturated carbocycles. The number of ether oxygens (including phenoxy) is 3. The minimum Gasteiger partial charge on any atom is -0.464 e. The molecule has 1 unspecified atom stereocenters. The molecule has 1 rings (SSSR count). The van der Waals surface area contributed by atoms with Crippen LogP contribution in [0.3, 0.4) is 0 Å². The van der Waals surface area contributed by atoms with Gasteiger partial charge in [-0.1, -0.05) is 6.92 Å². The summed E-state index contributed by atoms with van der Waals surface area (Å²) in [7, 11) is 0. The fourth-order valence-electron chi connectivity index (χ4n) is 1.42. The summed E-state index contributed by atoms with van der Waals surface area (Å²) in [5.41, 5.74) is 0. The quantitative estimate of drug-likeness (QED) is 0.554. The van der Waals surface area contributed by atoms with Crippen molar-refractivity contribution in [3.63, 3.8) is 0 Å². The molecule has 1 fully saturated rings. The van der Waals surface area contributed by atoms with Crippen LogP contribution in [-0.2, 0) is 19.0 Å². The van der Waals surface area contributed by atoms with Crippen LogP contribution in [0.4, 0.5) is 4.79 Å². The normalized spacial score (nSPS) is 18.8. The average molecular weight is 245 g/mol. The number of amides is 1. The van der Waals surface area contributed by atoms with Gasteiger partial charge in [-0.25, -0.2) is 4.79 Å². The highest BCUT2D eigenvalue weighted by atomic mass is 16.6. The number of rotatable bonds is 6. The highest BCUT2D eigenvalue weighted by Crippen LogP contribution is 2.11. The summed E-state index contributed by atoms with van der Waals surface area (Å²) >= 11 is 0. The van der Waals surface area contributed by atoms with Crippen LogP contribution in [-0.4, -0.2) is 44.5 Å². The van der Waals surface area contributed by atoms with E-state index < -0.39 is 6.09 Å². The summed E-state index contributed by atoms with van der Waals surface area (Å²) in [5.74, 6) is -0.278. The van der Waals surface area contributed by atoms with Gasteiger partial charge in [-0.05, 0) is 12.8 Å². The predicted octanol–water partition coefficient (Wildman–Crippen LogP) is 0.845. The lowest BCUT2D eigenvalue weighted by Gasteiger charge is -2.11. The molecule has 1 aliphatic rings. The topological polar surface area (TPSA) is 73.9 Å². The first-order chi connectivity index (χ1) is 8.22. The van der Waals surface area contributed by atoms with Gasteiger partial charge in [-0.2, -0.15) is 0 Å². The lowest BCUT2D eigenvalue weighted by Crippen LogP contribution is -2.30. The highest BCUT2D eigenvalue weighted by Gasteiger charge is 2.17. The van der Waals surface area contributed by atoms with Gasteiger partial charge in [0.05, 0.1) is 12.6 Å². The van der Waals surface area contributed by atoms with E-state index in [1.54, 1.807) is 6.92 Å². The minimum absolute atomic E-state index is 0.0265. The van der Waals surface area contributed by atoms with Crippen molar-refractivity contribution in [2.75, 3.05) is 26.4 Å². The highest BCUT2D eigenvalue weighted by molar-refractivity contribution is 5.69. The molecule has 1 saturated heterocycles. The van der Waals surface area contributed by atoms with Crippen molar-refractivity contribution in [3.05, 3.63) is 0 Å². The summed E-state index contributed by atoms with van der Waals surface area (Å²) < 4.78 is 15.0. The summed E-state index contributed by atoms with van der Waals surface area (Å²) in [4.78, 5) is 22.0. The van der Waals surface area contributed by atoms with Gasteiger partial charge in [0.1, 0.15) is 13.2 Å². The maximum Gasteiger partial charge on any atom is 0.407 e. The molecule has 6 heteroatoms. The van der Waals surface area contributed by atoms with Crippen LogP contribution in [0.15, 0.2) is 0 Å². The molecule has 0 aromatic rings. The Kier molecular flexibility index (Phi) is 6.39. The van der Waals surface area contributed by atoms with E-state index in [4.69, 9.17) is 14.2 Å². The Morgan fingerprint density at radius 3 is 2.88 bits per heavy atom. The average Bonchev–Trinajstić information content (AvgIpc) is 2.84. The van der Waals surface area contributed by atoms with Crippen molar-refractivity contribution in [2.24, 2.45) is 0 Å². The van der Waals surface area contributed by atoms with E-state index >= 15 is 0 Å². The Labute approximate surface area is 101 Å². The van der Waals surface area contributed by atoms with Gasteiger partial charge in [0.2, 0.25) is 0 Å². The molecule has 0 aromatic heterocycles.